The van der Waals surface area contributed by atoms with Gasteiger partial charge in [0.05, 0.1) is 0 Å². The summed E-state index contributed by atoms with van der Waals surface area (Å²) in [6, 6.07) is 6.32. The third-order valence-electron chi connectivity index (χ3n) is 4.06. The number of hydrogen-bond acceptors (Lipinski definition) is 1. The predicted molar refractivity (Wildman–Crippen MR) is 70.1 cm³/mol. The zero-order valence-electron chi connectivity index (χ0n) is 10.3. The van der Waals surface area contributed by atoms with Gasteiger partial charge in [-0.15, -0.1) is 0 Å². The van der Waals surface area contributed by atoms with Gasteiger partial charge in [-0.25, -0.2) is 0 Å². The zero-order chi connectivity index (χ0) is 11.8. The predicted octanol–water partition coefficient (Wildman–Crippen LogP) is 3.44. The average Bonchev–Trinajstić information content (AvgIpc) is 2.28. The van der Waals surface area contributed by atoms with Gasteiger partial charge in [0.25, 0.3) is 0 Å². The van der Waals surface area contributed by atoms with Gasteiger partial charge in [0.15, 0.2) is 0 Å². The van der Waals surface area contributed by atoms with E-state index in [0.717, 1.165) is 11.4 Å². The summed E-state index contributed by atoms with van der Waals surface area (Å²) in [4.78, 5) is 0. The summed E-state index contributed by atoms with van der Waals surface area (Å²) in [7, 11) is 2.05. The molecule has 2 heteroatoms. The number of fused-ring (bicyclic) bond motifs is 1. The van der Waals surface area contributed by atoms with Crippen LogP contribution in [0.5, 0.6) is 0 Å². The number of benzene rings is 1. The van der Waals surface area contributed by atoms with Crippen molar-refractivity contribution in [1.82, 2.24) is 5.32 Å². The molecule has 1 aliphatic rings. The average molecular weight is 238 g/mol. The van der Waals surface area contributed by atoms with Crippen molar-refractivity contribution in [2.45, 2.75) is 38.6 Å². The van der Waals surface area contributed by atoms with Crippen LogP contribution in [0.3, 0.4) is 0 Å². The molecular weight excluding hydrogens is 218 g/mol. The molecule has 0 saturated heterocycles. The summed E-state index contributed by atoms with van der Waals surface area (Å²) in [5.41, 5.74) is 3.14. The molecule has 0 saturated carbocycles. The van der Waals surface area contributed by atoms with Crippen LogP contribution in [0.15, 0.2) is 18.2 Å². The van der Waals surface area contributed by atoms with Crippen molar-refractivity contribution in [2.75, 3.05) is 7.05 Å². The minimum absolute atomic E-state index is 0.220. The van der Waals surface area contributed by atoms with Gasteiger partial charge in [-0.3, -0.25) is 0 Å². The van der Waals surface area contributed by atoms with Crippen molar-refractivity contribution in [2.24, 2.45) is 5.92 Å². The first kappa shape index (κ1) is 11.9. The Kier molecular flexibility index (Phi) is 3.27. The highest BCUT2D eigenvalue weighted by molar-refractivity contribution is 6.30. The standard InChI is InChI=1S/C14H20ClN/c1-14(2,16-3)12-6-4-11-9-13(15)7-5-10(11)8-12/h5,7,9,12,16H,4,6,8H2,1-3H3. The Bertz CT molecular complexity index is 384. The summed E-state index contributed by atoms with van der Waals surface area (Å²) in [6.45, 7) is 4.58. The fraction of sp³-hybridized carbons (Fsp3) is 0.571. The third kappa shape index (κ3) is 2.26. The highest BCUT2D eigenvalue weighted by Gasteiger charge is 2.30. The monoisotopic (exact) mass is 237 g/mol. The topological polar surface area (TPSA) is 12.0 Å². The number of rotatable bonds is 2. The van der Waals surface area contributed by atoms with Crippen molar-refractivity contribution >= 4 is 11.6 Å². The molecule has 0 amide bonds. The first-order valence-electron chi connectivity index (χ1n) is 5.99. The van der Waals surface area contributed by atoms with E-state index >= 15 is 0 Å². The van der Waals surface area contributed by atoms with Gasteiger partial charge in [0.1, 0.15) is 0 Å². The lowest BCUT2D eigenvalue weighted by atomic mass is 9.74. The molecule has 0 radical (unpaired) electrons. The van der Waals surface area contributed by atoms with Gasteiger partial charge >= 0.3 is 0 Å². The van der Waals surface area contributed by atoms with E-state index in [1.54, 1.807) is 0 Å². The first-order chi connectivity index (χ1) is 7.53. The summed E-state index contributed by atoms with van der Waals surface area (Å²) < 4.78 is 0. The lowest BCUT2D eigenvalue weighted by molar-refractivity contribution is 0.244. The van der Waals surface area contributed by atoms with Crippen LogP contribution in [0.25, 0.3) is 0 Å². The maximum Gasteiger partial charge on any atom is 0.0408 e. The van der Waals surface area contributed by atoms with Gasteiger partial charge < -0.3 is 5.32 Å². The molecule has 2 rings (SSSR count). The minimum Gasteiger partial charge on any atom is -0.315 e. The second-order valence-corrected chi connectivity index (χ2v) is 5.76. The van der Waals surface area contributed by atoms with Gasteiger partial charge in [0.2, 0.25) is 0 Å². The lowest BCUT2D eigenvalue weighted by Crippen LogP contribution is -2.46. The van der Waals surface area contributed by atoms with E-state index in [0.29, 0.717) is 5.92 Å². The van der Waals surface area contributed by atoms with E-state index in [4.69, 9.17) is 11.6 Å². The molecule has 1 aliphatic carbocycles. The molecule has 1 aromatic carbocycles. The molecule has 0 aromatic heterocycles. The summed E-state index contributed by atoms with van der Waals surface area (Å²) in [5, 5.41) is 4.29. The van der Waals surface area contributed by atoms with Gasteiger partial charge in [-0.05, 0) is 69.3 Å². The molecule has 1 N–H and O–H groups in total. The minimum atomic E-state index is 0.220. The molecule has 0 bridgehead atoms. The summed E-state index contributed by atoms with van der Waals surface area (Å²) in [6.07, 6.45) is 3.58. The second-order valence-electron chi connectivity index (χ2n) is 5.32. The largest absolute Gasteiger partial charge is 0.315 e. The van der Waals surface area contributed by atoms with E-state index in [2.05, 4.69) is 38.3 Å². The molecule has 1 aromatic rings. The highest BCUT2D eigenvalue weighted by atomic mass is 35.5. The molecule has 0 aliphatic heterocycles. The molecule has 0 fully saturated rings. The first-order valence-corrected chi connectivity index (χ1v) is 6.37. The van der Waals surface area contributed by atoms with Gasteiger partial charge in [-0.1, -0.05) is 17.7 Å². The summed E-state index contributed by atoms with van der Waals surface area (Å²) in [5.74, 6) is 0.714. The smallest absolute Gasteiger partial charge is 0.0408 e. The number of nitrogens with one attached hydrogen (secondary N) is 1. The Hall–Kier alpha value is -0.530. The maximum atomic E-state index is 6.02. The van der Waals surface area contributed by atoms with Gasteiger partial charge in [-0.2, -0.15) is 0 Å². The van der Waals surface area contributed by atoms with Crippen molar-refractivity contribution in [3.8, 4) is 0 Å². The molecule has 1 nitrogen and oxygen atoms in total. The van der Waals surface area contributed by atoms with E-state index < -0.39 is 0 Å². The third-order valence-corrected chi connectivity index (χ3v) is 4.30. The Labute approximate surface area is 103 Å². The second kappa shape index (κ2) is 4.38. The van der Waals surface area contributed by atoms with E-state index in [-0.39, 0.29) is 5.54 Å². The summed E-state index contributed by atoms with van der Waals surface area (Å²) >= 11 is 6.02. The zero-order valence-corrected chi connectivity index (χ0v) is 11.1. The van der Waals surface area contributed by atoms with Crippen LogP contribution in [0.1, 0.15) is 31.4 Å². The Morgan fingerprint density at radius 2 is 2.06 bits per heavy atom. The van der Waals surface area contributed by atoms with Crippen LogP contribution in [-0.2, 0) is 12.8 Å². The fourth-order valence-electron chi connectivity index (χ4n) is 2.54. The number of halogens is 1. The van der Waals surface area contributed by atoms with Crippen molar-refractivity contribution in [1.29, 1.82) is 0 Å². The highest BCUT2D eigenvalue weighted by Crippen LogP contribution is 2.33. The molecular formula is C14H20ClN. The van der Waals surface area contributed by atoms with Crippen molar-refractivity contribution in [3.63, 3.8) is 0 Å². The van der Waals surface area contributed by atoms with Gasteiger partial charge in [0, 0.05) is 10.6 Å². The lowest BCUT2D eigenvalue weighted by Gasteiger charge is -2.37. The molecule has 1 atom stereocenters. The molecule has 1 unspecified atom stereocenters. The van der Waals surface area contributed by atoms with Crippen molar-refractivity contribution in [3.05, 3.63) is 34.3 Å². The Morgan fingerprint density at radius 3 is 2.75 bits per heavy atom. The Morgan fingerprint density at radius 1 is 1.31 bits per heavy atom. The van der Waals surface area contributed by atoms with Crippen molar-refractivity contribution < 1.29 is 0 Å². The Balaban J connectivity index is 2.21. The van der Waals surface area contributed by atoms with E-state index in [9.17, 15) is 0 Å². The quantitative estimate of drug-likeness (QED) is 0.831. The maximum absolute atomic E-state index is 6.02. The van der Waals surface area contributed by atoms with Crippen LogP contribution in [0, 0.1) is 5.92 Å². The van der Waals surface area contributed by atoms with E-state index in [1.165, 1.54) is 24.0 Å². The molecule has 88 valence electrons. The molecule has 16 heavy (non-hydrogen) atoms. The normalized spacial score (nSPS) is 20.6. The molecule has 0 spiro atoms. The molecule has 0 heterocycles. The number of hydrogen-bond donors (Lipinski definition) is 1. The SMILES string of the molecule is CNC(C)(C)C1CCc2cc(Cl)ccc2C1. The van der Waals surface area contributed by atoms with Crippen LogP contribution in [-0.4, -0.2) is 12.6 Å². The number of aryl methyl sites for hydroxylation is 1. The van der Waals surface area contributed by atoms with Crippen LogP contribution in [0.2, 0.25) is 5.02 Å². The van der Waals surface area contributed by atoms with Crippen LogP contribution in [0.4, 0.5) is 0 Å². The van der Waals surface area contributed by atoms with E-state index in [1.807, 2.05) is 6.07 Å². The van der Waals surface area contributed by atoms with Crippen LogP contribution >= 0.6 is 11.6 Å². The van der Waals surface area contributed by atoms with Crippen LogP contribution < -0.4 is 5.32 Å². The fourth-order valence-corrected chi connectivity index (χ4v) is 2.74.